The normalized spacial score (nSPS) is 11.0. The molecule has 4 aromatic carbocycles. The van der Waals surface area contributed by atoms with Crippen molar-refractivity contribution in [2.75, 3.05) is 19.0 Å². The second-order valence-electron chi connectivity index (χ2n) is 9.23. The summed E-state index contributed by atoms with van der Waals surface area (Å²) in [5.41, 5.74) is 2.64. The second-order valence-corrected chi connectivity index (χ2v) is 9.23. The molecule has 0 radical (unpaired) electrons. The summed E-state index contributed by atoms with van der Waals surface area (Å²) >= 11 is 0. The highest BCUT2D eigenvalue weighted by Crippen LogP contribution is 2.33. The van der Waals surface area contributed by atoms with Gasteiger partial charge in [-0.15, -0.1) is 6.58 Å². The second kappa shape index (κ2) is 12.7. The molecule has 0 aliphatic rings. The summed E-state index contributed by atoms with van der Waals surface area (Å²) in [6, 6.07) is 25.6. The summed E-state index contributed by atoms with van der Waals surface area (Å²) < 4.78 is 26.2. The highest BCUT2D eigenvalue weighted by molar-refractivity contribution is 5.92. The Morgan fingerprint density at radius 2 is 1.83 bits per heavy atom. The lowest BCUT2D eigenvalue weighted by molar-refractivity contribution is -0.118. The van der Waals surface area contributed by atoms with Crippen LogP contribution < -0.4 is 20.3 Å². The van der Waals surface area contributed by atoms with Gasteiger partial charge in [-0.25, -0.2) is 9.37 Å². The van der Waals surface area contributed by atoms with Gasteiger partial charge in [0.15, 0.2) is 23.9 Å². The molecule has 0 saturated heterocycles. The number of methoxy groups -OCH3 is 1. The number of para-hydroxylation sites is 1. The molecule has 0 atom stereocenters. The van der Waals surface area contributed by atoms with Crippen molar-refractivity contribution in [1.82, 2.24) is 9.66 Å². The molecule has 42 heavy (non-hydrogen) atoms. The van der Waals surface area contributed by atoms with Gasteiger partial charge in [0.25, 0.3) is 11.5 Å². The molecule has 8 nitrogen and oxygen atoms in total. The van der Waals surface area contributed by atoms with Gasteiger partial charge in [-0.05, 0) is 54.4 Å². The maximum atomic E-state index is 13.5. The molecule has 0 aliphatic carbocycles. The number of hydrogen-bond donors (Lipinski definition) is 1. The number of allylic oxidation sites excluding steroid dienone is 1. The number of amides is 1. The number of anilines is 1. The van der Waals surface area contributed by atoms with Crippen LogP contribution in [0.15, 0.2) is 114 Å². The lowest BCUT2D eigenvalue weighted by Crippen LogP contribution is -2.21. The predicted octanol–water partition coefficient (Wildman–Crippen LogP) is 5.84. The molecule has 0 fully saturated rings. The Balaban J connectivity index is 1.47. The van der Waals surface area contributed by atoms with Crippen LogP contribution in [-0.4, -0.2) is 35.5 Å². The van der Waals surface area contributed by atoms with Crippen molar-refractivity contribution in [3.05, 3.63) is 131 Å². The minimum Gasteiger partial charge on any atom is -0.493 e. The van der Waals surface area contributed by atoms with Crippen molar-refractivity contribution < 1.29 is 18.7 Å². The van der Waals surface area contributed by atoms with E-state index in [0.29, 0.717) is 51.5 Å². The number of carbonyl (C=O) groups excluding carboxylic acids is 1. The first-order chi connectivity index (χ1) is 20.5. The lowest BCUT2D eigenvalue weighted by atomic mass is 10.1. The maximum Gasteiger partial charge on any atom is 0.282 e. The summed E-state index contributed by atoms with van der Waals surface area (Å²) in [6.07, 6.45) is 3.64. The van der Waals surface area contributed by atoms with Crippen LogP contribution in [-0.2, 0) is 11.2 Å². The molecule has 1 N–H and O–H groups in total. The topological polar surface area (TPSA) is 94.8 Å². The van der Waals surface area contributed by atoms with Crippen molar-refractivity contribution in [1.29, 1.82) is 0 Å². The van der Waals surface area contributed by atoms with Gasteiger partial charge in [0.1, 0.15) is 5.82 Å². The molecule has 1 aromatic heterocycles. The van der Waals surface area contributed by atoms with Crippen LogP contribution in [0.3, 0.4) is 0 Å². The van der Waals surface area contributed by atoms with E-state index < -0.39 is 11.7 Å². The van der Waals surface area contributed by atoms with Gasteiger partial charge in [0, 0.05) is 16.8 Å². The van der Waals surface area contributed by atoms with Crippen LogP contribution in [0, 0.1) is 5.82 Å². The highest BCUT2D eigenvalue weighted by Gasteiger charge is 2.16. The van der Waals surface area contributed by atoms with Crippen LogP contribution in [0.25, 0.3) is 22.3 Å². The van der Waals surface area contributed by atoms with E-state index >= 15 is 0 Å². The first-order valence-electron chi connectivity index (χ1n) is 13.1. The quantitative estimate of drug-likeness (QED) is 0.171. The molecule has 9 heteroatoms. The average Bonchev–Trinajstić information content (AvgIpc) is 3.00. The Kier molecular flexibility index (Phi) is 8.48. The lowest BCUT2D eigenvalue weighted by Gasteiger charge is -2.16. The number of halogens is 1. The summed E-state index contributed by atoms with van der Waals surface area (Å²) in [6.45, 7) is 3.49. The third-order valence-electron chi connectivity index (χ3n) is 6.30. The van der Waals surface area contributed by atoms with E-state index in [1.165, 1.54) is 30.0 Å². The Bertz CT molecular complexity index is 1850. The number of benzene rings is 4. The summed E-state index contributed by atoms with van der Waals surface area (Å²) in [5.74, 6) is 0.200. The van der Waals surface area contributed by atoms with E-state index in [9.17, 15) is 14.0 Å². The van der Waals surface area contributed by atoms with Crippen molar-refractivity contribution in [2.45, 2.75) is 6.42 Å². The number of rotatable bonds is 10. The summed E-state index contributed by atoms with van der Waals surface area (Å²) in [5, 5.41) is 7.58. The largest absolute Gasteiger partial charge is 0.493 e. The Morgan fingerprint density at radius 3 is 2.60 bits per heavy atom. The third kappa shape index (κ3) is 6.26. The van der Waals surface area contributed by atoms with Gasteiger partial charge in [-0.3, -0.25) is 9.59 Å². The molecule has 0 spiro atoms. The zero-order valence-electron chi connectivity index (χ0n) is 22.8. The minimum absolute atomic E-state index is 0.307. The fraction of sp³-hybridized carbons (Fsp3) is 0.0909. The Hall–Kier alpha value is -5.57. The molecule has 1 heterocycles. The van der Waals surface area contributed by atoms with E-state index in [1.54, 1.807) is 42.6 Å². The van der Waals surface area contributed by atoms with Crippen LogP contribution in [0.4, 0.5) is 10.1 Å². The van der Waals surface area contributed by atoms with Crippen molar-refractivity contribution >= 4 is 28.7 Å². The van der Waals surface area contributed by atoms with Gasteiger partial charge >= 0.3 is 0 Å². The van der Waals surface area contributed by atoms with Gasteiger partial charge in [0.2, 0.25) is 0 Å². The molecule has 5 aromatic rings. The monoisotopic (exact) mass is 562 g/mol. The van der Waals surface area contributed by atoms with E-state index in [0.717, 1.165) is 5.56 Å². The third-order valence-corrected chi connectivity index (χ3v) is 6.30. The van der Waals surface area contributed by atoms with Crippen LogP contribution in [0.5, 0.6) is 11.5 Å². The van der Waals surface area contributed by atoms with E-state index in [4.69, 9.17) is 14.5 Å². The van der Waals surface area contributed by atoms with E-state index in [1.807, 2.05) is 42.5 Å². The molecule has 5 rings (SSSR count). The molecule has 0 unspecified atom stereocenters. The molecule has 0 aliphatic heterocycles. The molecule has 0 saturated carbocycles. The Labute approximate surface area is 241 Å². The number of fused-ring (bicyclic) bond motifs is 1. The fourth-order valence-electron chi connectivity index (χ4n) is 4.41. The first kappa shape index (κ1) is 28.0. The van der Waals surface area contributed by atoms with Gasteiger partial charge in [0.05, 0.1) is 24.2 Å². The average molecular weight is 563 g/mol. The number of nitrogens with zero attached hydrogens (tertiary/aromatic N) is 3. The van der Waals surface area contributed by atoms with E-state index in [-0.39, 0.29) is 12.2 Å². The molecular formula is C33H27FN4O4. The van der Waals surface area contributed by atoms with Crippen molar-refractivity contribution in [3.8, 4) is 22.9 Å². The van der Waals surface area contributed by atoms with E-state index in [2.05, 4.69) is 17.0 Å². The zero-order valence-corrected chi connectivity index (χ0v) is 22.8. The van der Waals surface area contributed by atoms with Gasteiger partial charge in [-0.1, -0.05) is 54.6 Å². The Morgan fingerprint density at radius 1 is 1.05 bits per heavy atom. The van der Waals surface area contributed by atoms with Crippen LogP contribution in [0.1, 0.15) is 11.1 Å². The first-order valence-corrected chi connectivity index (χ1v) is 13.1. The number of ether oxygens (including phenoxy) is 2. The predicted molar refractivity (Wildman–Crippen MR) is 162 cm³/mol. The zero-order chi connectivity index (χ0) is 29.5. The SMILES string of the molecule is C=CCc1cc(C=Nn2c(-c3ccccc3)nc3ccccc3c2=O)cc(OC)c1OCC(=O)Nc1cccc(F)c1. The van der Waals surface area contributed by atoms with Crippen molar-refractivity contribution in [3.63, 3.8) is 0 Å². The summed E-state index contributed by atoms with van der Waals surface area (Å²) in [7, 11) is 1.49. The van der Waals surface area contributed by atoms with Crippen LogP contribution >= 0.6 is 0 Å². The highest BCUT2D eigenvalue weighted by atomic mass is 19.1. The molecule has 1 amide bonds. The number of hydrogen-bond acceptors (Lipinski definition) is 6. The smallest absolute Gasteiger partial charge is 0.282 e. The standard InChI is InChI=1S/C33H27FN4O4/c1-3-10-24-17-22(18-29(41-2)31(24)42-21-30(39)36-26-14-9-13-25(34)19-26)20-35-38-32(23-11-5-4-6-12-23)37-28-16-8-7-15-27(28)33(38)40/h3-9,11-20H,1,10,21H2,2H3,(H,36,39). The number of nitrogens with one attached hydrogen (secondary N) is 1. The van der Waals surface area contributed by atoms with Gasteiger partial charge in [-0.2, -0.15) is 9.78 Å². The van der Waals surface area contributed by atoms with Gasteiger partial charge < -0.3 is 14.8 Å². The minimum atomic E-state index is -0.463. The molecular weight excluding hydrogens is 535 g/mol. The molecule has 0 bridgehead atoms. The molecule has 210 valence electrons. The van der Waals surface area contributed by atoms with Crippen molar-refractivity contribution in [2.24, 2.45) is 5.10 Å². The summed E-state index contributed by atoms with van der Waals surface area (Å²) in [4.78, 5) is 30.7. The maximum absolute atomic E-state index is 13.5. The number of aromatic nitrogens is 2. The number of carbonyl (C=O) groups is 1. The fourth-order valence-corrected chi connectivity index (χ4v) is 4.41. The van der Waals surface area contributed by atoms with Crippen LogP contribution in [0.2, 0.25) is 0 Å².